The molecule has 1 saturated heterocycles. The molecule has 0 spiro atoms. The van der Waals surface area contributed by atoms with Crippen molar-refractivity contribution >= 4 is 23.3 Å². The Balaban J connectivity index is 1.76. The Morgan fingerprint density at radius 3 is 2.64 bits per heavy atom. The zero-order chi connectivity index (χ0) is 15.1. The summed E-state index contributed by atoms with van der Waals surface area (Å²) in [6.45, 7) is 0.685. The molecular formula is C17H18ClN3O. The Kier molecular flexibility index (Phi) is 3.41. The minimum Gasteiger partial charge on any atom is -0.296 e. The fourth-order valence-corrected chi connectivity index (χ4v) is 3.23. The number of para-hydroxylation sites is 1. The normalized spacial score (nSPS) is 21.6. The van der Waals surface area contributed by atoms with E-state index in [-0.39, 0.29) is 11.8 Å². The summed E-state index contributed by atoms with van der Waals surface area (Å²) in [6.07, 6.45) is 2.93. The third-order valence-electron chi connectivity index (χ3n) is 4.41. The van der Waals surface area contributed by atoms with E-state index in [2.05, 4.69) is 6.07 Å². The molecule has 1 aliphatic heterocycles. The average molecular weight is 316 g/mol. The van der Waals surface area contributed by atoms with E-state index in [1.165, 1.54) is 12.8 Å². The topological polar surface area (TPSA) is 38.1 Å². The van der Waals surface area contributed by atoms with Crippen LogP contribution >= 0.6 is 11.6 Å². The fraction of sp³-hybridized carbons (Fsp3) is 0.412. The number of hydrogen-bond donors (Lipinski definition) is 0. The van der Waals surface area contributed by atoms with Gasteiger partial charge in [0, 0.05) is 30.8 Å². The van der Waals surface area contributed by atoms with Crippen LogP contribution < -0.4 is 4.90 Å². The van der Waals surface area contributed by atoms with Crippen molar-refractivity contribution in [3.63, 3.8) is 0 Å². The summed E-state index contributed by atoms with van der Waals surface area (Å²) in [6, 6.07) is 12.1. The van der Waals surface area contributed by atoms with Crippen molar-refractivity contribution in [2.45, 2.75) is 25.2 Å². The standard InChI is InChI=1S/C17H18ClN3O/c18-10-12-8-17(22)20(11-12)16-9-15(13-6-7-13)19-21(16)14-4-2-1-3-5-14/h1-5,9,12-13H,6-8,10-11H2. The van der Waals surface area contributed by atoms with Crippen molar-refractivity contribution in [1.82, 2.24) is 9.78 Å². The van der Waals surface area contributed by atoms with E-state index in [0.717, 1.165) is 17.2 Å². The van der Waals surface area contributed by atoms with Gasteiger partial charge in [-0.3, -0.25) is 9.69 Å². The molecule has 4 rings (SSSR count). The van der Waals surface area contributed by atoms with Crippen molar-refractivity contribution in [2.24, 2.45) is 5.92 Å². The number of nitrogens with zero attached hydrogens (tertiary/aromatic N) is 3. The Hall–Kier alpha value is -1.81. The monoisotopic (exact) mass is 315 g/mol. The third kappa shape index (κ3) is 2.41. The van der Waals surface area contributed by atoms with Crippen LogP contribution in [0.15, 0.2) is 36.4 Å². The van der Waals surface area contributed by atoms with Gasteiger partial charge in [-0.2, -0.15) is 5.10 Å². The first kappa shape index (κ1) is 13.8. The van der Waals surface area contributed by atoms with E-state index < -0.39 is 0 Å². The molecule has 1 aromatic heterocycles. The van der Waals surface area contributed by atoms with Gasteiger partial charge < -0.3 is 0 Å². The van der Waals surface area contributed by atoms with Gasteiger partial charge in [0.25, 0.3) is 0 Å². The maximum atomic E-state index is 12.3. The van der Waals surface area contributed by atoms with E-state index in [1.807, 2.05) is 39.9 Å². The maximum Gasteiger partial charge on any atom is 0.228 e. The van der Waals surface area contributed by atoms with E-state index >= 15 is 0 Å². The quantitative estimate of drug-likeness (QED) is 0.812. The van der Waals surface area contributed by atoms with Crippen molar-refractivity contribution in [2.75, 3.05) is 17.3 Å². The van der Waals surface area contributed by atoms with Gasteiger partial charge in [-0.1, -0.05) is 18.2 Å². The van der Waals surface area contributed by atoms with Crippen LogP contribution in [0.4, 0.5) is 5.82 Å². The Labute approximate surface area is 134 Å². The Morgan fingerprint density at radius 2 is 2.00 bits per heavy atom. The lowest BCUT2D eigenvalue weighted by atomic mass is 10.1. The van der Waals surface area contributed by atoms with Gasteiger partial charge in [-0.15, -0.1) is 11.6 Å². The molecule has 0 radical (unpaired) electrons. The highest BCUT2D eigenvalue weighted by molar-refractivity contribution is 6.18. The summed E-state index contributed by atoms with van der Waals surface area (Å²) >= 11 is 5.95. The number of aromatic nitrogens is 2. The van der Waals surface area contributed by atoms with Crippen LogP contribution in [0.1, 0.15) is 30.9 Å². The molecule has 0 N–H and O–H groups in total. The number of rotatable bonds is 4. The summed E-state index contributed by atoms with van der Waals surface area (Å²) in [5.74, 6) is 2.34. The van der Waals surface area contributed by atoms with E-state index in [9.17, 15) is 4.79 Å². The van der Waals surface area contributed by atoms with Gasteiger partial charge in [0.15, 0.2) is 0 Å². The predicted octanol–water partition coefficient (Wildman–Crippen LogP) is 3.34. The van der Waals surface area contributed by atoms with Crippen molar-refractivity contribution < 1.29 is 4.79 Å². The predicted molar refractivity (Wildman–Crippen MR) is 86.7 cm³/mol. The molecule has 5 heteroatoms. The van der Waals surface area contributed by atoms with Crippen LogP contribution in [-0.2, 0) is 4.79 Å². The van der Waals surface area contributed by atoms with Crippen LogP contribution in [0.3, 0.4) is 0 Å². The van der Waals surface area contributed by atoms with E-state index in [1.54, 1.807) is 0 Å². The summed E-state index contributed by atoms with van der Waals surface area (Å²) in [5.41, 5.74) is 2.09. The molecule has 1 aliphatic carbocycles. The largest absolute Gasteiger partial charge is 0.296 e. The summed E-state index contributed by atoms with van der Waals surface area (Å²) < 4.78 is 1.90. The number of halogens is 1. The highest BCUT2D eigenvalue weighted by Crippen LogP contribution is 2.41. The number of anilines is 1. The number of benzene rings is 1. The van der Waals surface area contributed by atoms with Gasteiger partial charge in [0.05, 0.1) is 11.4 Å². The molecule has 22 heavy (non-hydrogen) atoms. The first-order chi connectivity index (χ1) is 10.8. The lowest BCUT2D eigenvalue weighted by Crippen LogP contribution is -2.27. The molecule has 2 heterocycles. The van der Waals surface area contributed by atoms with Crippen LogP contribution in [0.25, 0.3) is 5.69 Å². The van der Waals surface area contributed by atoms with Crippen LogP contribution in [0.2, 0.25) is 0 Å². The minimum absolute atomic E-state index is 0.144. The Bertz CT molecular complexity index is 693. The molecule has 1 aromatic carbocycles. The van der Waals surface area contributed by atoms with Gasteiger partial charge in [0.1, 0.15) is 5.82 Å². The minimum atomic E-state index is 0.144. The molecule has 2 fully saturated rings. The molecule has 1 unspecified atom stereocenters. The zero-order valence-electron chi connectivity index (χ0n) is 12.3. The maximum absolute atomic E-state index is 12.3. The molecule has 2 aliphatic rings. The first-order valence-corrected chi connectivity index (χ1v) is 8.31. The second-order valence-corrected chi connectivity index (χ2v) is 6.49. The van der Waals surface area contributed by atoms with Gasteiger partial charge in [-0.25, -0.2) is 4.68 Å². The smallest absolute Gasteiger partial charge is 0.228 e. The molecular weight excluding hydrogens is 298 g/mol. The Morgan fingerprint density at radius 1 is 1.23 bits per heavy atom. The number of alkyl halides is 1. The molecule has 1 atom stereocenters. The van der Waals surface area contributed by atoms with Crippen molar-refractivity contribution in [1.29, 1.82) is 0 Å². The van der Waals surface area contributed by atoms with Gasteiger partial charge >= 0.3 is 0 Å². The molecule has 2 aromatic rings. The number of amides is 1. The average Bonchev–Trinajstić information content (AvgIpc) is 3.20. The molecule has 1 saturated carbocycles. The molecule has 1 amide bonds. The summed E-state index contributed by atoms with van der Waals surface area (Å²) in [7, 11) is 0. The number of carbonyl (C=O) groups is 1. The third-order valence-corrected chi connectivity index (χ3v) is 4.84. The number of carbonyl (C=O) groups excluding carboxylic acids is 1. The molecule has 114 valence electrons. The second-order valence-electron chi connectivity index (χ2n) is 6.18. The summed E-state index contributed by atoms with van der Waals surface area (Å²) in [5, 5.41) is 4.76. The zero-order valence-corrected chi connectivity index (χ0v) is 13.0. The SMILES string of the molecule is O=C1CC(CCl)CN1c1cc(C2CC2)nn1-c1ccccc1. The van der Waals surface area contributed by atoms with Crippen LogP contribution in [0.5, 0.6) is 0 Å². The van der Waals surface area contributed by atoms with Crippen LogP contribution in [0, 0.1) is 5.92 Å². The van der Waals surface area contributed by atoms with Crippen molar-refractivity contribution in [3.8, 4) is 5.69 Å². The lowest BCUT2D eigenvalue weighted by Gasteiger charge is -2.17. The van der Waals surface area contributed by atoms with E-state index in [0.29, 0.717) is 24.8 Å². The van der Waals surface area contributed by atoms with Crippen LogP contribution in [-0.4, -0.2) is 28.1 Å². The molecule has 0 bridgehead atoms. The lowest BCUT2D eigenvalue weighted by molar-refractivity contribution is -0.117. The van der Waals surface area contributed by atoms with Gasteiger partial charge in [-0.05, 0) is 30.9 Å². The highest BCUT2D eigenvalue weighted by atomic mass is 35.5. The second kappa shape index (κ2) is 5.43. The summed E-state index contributed by atoms with van der Waals surface area (Å²) in [4.78, 5) is 14.2. The molecule has 4 nitrogen and oxygen atoms in total. The van der Waals surface area contributed by atoms with Gasteiger partial charge in [0.2, 0.25) is 5.91 Å². The van der Waals surface area contributed by atoms with E-state index in [4.69, 9.17) is 16.7 Å². The number of hydrogen-bond acceptors (Lipinski definition) is 2. The fourth-order valence-electron chi connectivity index (χ4n) is 3.03. The van der Waals surface area contributed by atoms with Crippen molar-refractivity contribution in [3.05, 3.63) is 42.1 Å². The highest BCUT2D eigenvalue weighted by Gasteiger charge is 2.34. The first-order valence-electron chi connectivity index (χ1n) is 7.78.